The molecular weight excluding hydrogens is 505 g/mol. The molecule has 2 aromatic carbocycles. The van der Waals surface area contributed by atoms with Crippen LogP contribution in [0.2, 0.25) is 0 Å². The zero-order chi connectivity index (χ0) is 25.4. The molecule has 0 spiro atoms. The first-order valence-electron chi connectivity index (χ1n) is 12.5. The number of alkyl halides is 3. The Morgan fingerprint density at radius 3 is 2.32 bits per heavy atom. The van der Waals surface area contributed by atoms with Crippen LogP contribution in [-0.2, 0) is 4.79 Å². The maximum Gasteiger partial charge on any atom is 0.393 e. The summed E-state index contributed by atoms with van der Waals surface area (Å²) in [5.74, 6) is -1.74. The second-order valence-electron chi connectivity index (χ2n) is 10.2. The molecule has 2 heterocycles. The lowest BCUT2D eigenvalue weighted by molar-refractivity contribution is -0.168. The lowest BCUT2D eigenvalue weighted by Gasteiger charge is -2.41. The molecule has 200 valence electrons. The predicted octanol–water partition coefficient (Wildman–Crippen LogP) is 4.97. The highest BCUT2D eigenvalue weighted by molar-refractivity contribution is 6.02. The number of carbonyl (C=O) groups excluding carboxylic acids is 2. The minimum Gasteiger partial charge on any atom is -0.370 e. The van der Waals surface area contributed by atoms with Gasteiger partial charge in [0.15, 0.2) is 0 Å². The number of carbonyl (C=O) groups is 2. The van der Waals surface area contributed by atoms with Gasteiger partial charge in [0.2, 0.25) is 5.91 Å². The molecule has 3 fully saturated rings. The smallest absolute Gasteiger partial charge is 0.370 e. The average Bonchev–Trinajstić information content (AvgIpc) is 3.59. The summed E-state index contributed by atoms with van der Waals surface area (Å²) in [7, 11) is 2.02. The molecule has 3 aliphatic rings. The van der Waals surface area contributed by atoms with Gasteiger partial charge in [-0.3, -0.25) is 9.59 Å². The minimum absolute atomic E-state index is 0. The molecule has 2 saturated heterocycles. The van der Waals surface area contributed by atoms with E-state index in [0.29, 0.717) is 36.6 Å². The van der Waals surface area contributed by atoms with E-state index in [2.05, 4.69) is 10.2 Å². The Labute approximate surface area is 221 Å². The van der Waals surface area contributed by atoms with Crippen molar-refractivity contribution in [1.82, 2.24) is 9.80 Å². The first-order valence-corrected chi connectivity index (χ1v) is 12.5. The van der Waals surface area contributed by atoms with E-state index in [0.717, 1.165) is 18.4 Å². The summed E-state index contributed by atoms with van der Waals surface area (Å²) in [6.45, 7) is 1.89. The van der Waals surface area contributed by atoms with Crippen molar-refractivity contribution in [2.24, 2.45) is 11.8 Å². The van der Waals surface area contributed by atoms with Gasteiger partial charge in [0, 0.05) is 44.3 Å². The van der Waals surface area contributed by atoms with Crippen molar-refractivity contribution in [2.75, 3.05) is 50.0 Å². The van der Waals surface area contributed by atoms with Crippen LogP contribution in [-0.4, -0.2) is 67.6 Å². The molecule has 0 radical (unpaired) electrons. The lowest BCUT2D eigenvalue weighted by atomic mass is 10.0. The van der Waals surface area contributed by atoms with E-state index < -0.39 is 12.1 Å². The van der Waals surface area contributed by atoms with E-state index in [-0.39, 0.29) is 55.7 Å². The van der Waals surface area contributed by atoms with E-state index in [1.165, 1.54) is 0 Å². The van der Waals surface area contributed by atoms with Crippen molar-refractivity contribution >= 4 is 35.6 Å². The van der Waals surface area contributed by atoms with Gasteiger partial charge in [0.25, 0.3) is 5.91 Å². The van der Waals surface area contributed by atoms with Crippen molar-refractivity contribution in [2.45, 2.75) is 31.5 Å². The first kappa shape index (κ1) is 27.3. The summed E-state index contributed by atoms with van der Waals surface area (Å²) in [6, 6.07) is 14.6. The number of hydrogen-bond donors (Lipinski definition) is 1. The number of halogens is 4. The van der Waals surface area contributed by atoms with E-state index in [4.69, 9.17) is 0 Å². The summed E-state index contributed by atoms with van der Waals surface area (Å²) >= 11 is 0. The van der Waals surface area contributed by atoms with Gasteiger partial charge in [-0.25, -0.2) is 0 Å². The van der Waals surface area contributed by atoms with E-state index in [1.54, 1.807) is 23.1 Å². The highest BCUT2D eigenvalue weighted by Gasteiger charge is 2.44. The van der Waals surface area contributed by atoms with Gasteiger partial charge in [-0.05, 0) is 50.1 Å². The molecule has 1 saturated carbocycles. The Bertz CT molecular complexity index is 1130. The number of amides is 2. The fraction of sp³-hybridized carbons (Fsp3) is 0.481. The van der Waals surface area contributed by atoms with E-state index in [9.17, 15) is 22.8 Å². The molecule has 2 amide bonds. The quantitative estimate of drug-likeness (QED) is 0.586. The Kier molecular flexibility index (Phi) is 8.04. The van der Waals surface area contributed by atoms with Crippen LogP contribution in [0.25, 0.3) is 0 Å². The molecule has 6 nitrogen and oxygen atoms in total. The number of likely N-dealkylation sites (N-methyl/N-ethyl adjacent to an activating group) is 1. The maximum atomic E-state index is 14.0. The van der Waals surface area contributed by atoms with Gasteiger partial charge in [-0.2, -0.15) is 13.2 Å². The fourth-order valence-corrected chi connectivity index (χ4v) is 5.17. The zero-order valence-electron chi connectivity index (χ0n) is 20.7. The summed E-state index contributed by atoms with van der Waals surface area (Å²) in [4.78, 5) is 31.9. The van der Waals surface area contributed by atoms with Crippen LogP contribution in [0.15, 0.2) is 48.5 Å². The molecular formula is C27H32ClF3N4O2. The first-order chi connectivity index (χ1) is 17.2. The average molecular weight is 537 g/mol. The fourth-order valence-electron chi connectivity index (χ4n) is 5.17. The van der Waals surface area contributed by atoms with E-state index in [1.807, 2.05) is 42.3 Å². The molecule has 10 heteroatoms. The largest absolute Gasteiger partial charge is 0.393 e. The molecule has 37 heavy (non-hydrogen) atoms. The Morgan fingerprint density at radius 2 is 1.68 bits per heavy atom. The van der Waals surface area contributed by atoms with Crippen LogP contribution < -0.4 is 10.2 Å². The summed E-state index contributed by atoms with van der Waals surface area (Å²) in [5, 5.41) is 2.88. The lowest BCUT2D eigenvalue weighted by Crippen LogP contribution is -2.49. The monoisotopic (exact) mass is 536 g/mol. The number of hydrogen-bond acceptors (Lipinski definition) is 4. The Balaban J connectivity index is 0.00000320. The van der Waals surface area contributed by atoms with Crippen LogP contribution in [0.5, 0.6) is 0 Å². The number of nitrogens with zero attached hydrogens (tertiary/aromatic N) is 3. The maximum absolute atomic E-state index is 14.0. The Hall–Kier alpha value is -2.78. The second kappa shape index (κ2) is 10.9. The molecule has 0 aromatic heterocycles. The van der Waals surface area contributed by atoms with Gasteiger partial charge in [-0.15, -0.1) is 12.4 Å². The highest BCUT2D eigenvalue weighted by Crippen LogP contribution is 2.39. The number of rotatable bonds is 5. The van der Waals surface area contributed by atoms with Crippen LogP contribution in [0.4, 0.5) is 24.5 Å². The zero-order valence-corrected chi connectivity index (χ0v) is 21.5. The molecule has 0 bridgehead atoms. The van der Waals surface area contributed by atoms with Gasteiger partial charge >= 0.3 is 6.18 Å². The molecule has 2 atom stereocenters. The minimum atomic E-state index is -4.29. The second-order valence-corrected chi connectivity index (χ2v) is 10.2. The van der Waals surface area contributed by atoms with Crippen molar-refractivity contribution in [3.8, 4) is 0 Å². The number of piperazine rings is 1. The van der Waals surface area contributed by atoms with Crippen molar-refractivity contribution in [3.63, 3.8) is 0 Å². The van der Waals surface area contributed by atoms with Crippen LogP contribution in [0.1, 0.15) is 41.2 Å². The summed E-state index contributed by atoms with van der Waals surface area (Å²) < 4.78 is 40.4. The third-order valence-electron chi connectivity index (χ3n) is 7.46. The summed E-state index contributed by atoms with van der Waals surface area (Å²) in [5.41, 5.74) is 2.34. The molecule has 1 aliphatic carbocycles. The van der Waals surface area contributed by atoms with Crippen LogP contribution in [0.3, 0.4) is 0 Å². The summed E-state index contributed by atoms with van der Waals surface area (Å²) in [6.07, 6.45) is -2.61. The number of nitrogens with one attached hydrogen (secondary N) is 1. The van der Waals surface area contributed by atoms with Gasteiger partial charge in [0.05, 0.1) is 23.2 Å². The van der Waals surface area contributed by atoms with Crippen molar-refractivity contribution in [1.29, 1.82) is 0 Å². The van der Waals surface area contributed by atoms with Crippen molar-refractivity contribution in [3.05, 3.63) is 59.7 Å². The molecule has 0 unspecified atom stereocenters. The number of anilines is 2. The SMILES string of the molecule is CN1CCN(C(=O)c2ccc(NC(=O)C3CC3)cc2N2CC[C@H](C(F)(F)F)C2)[C@@H](c2ccccc2)C1.Cl. The van der Waals surface area contributed by atoms with Crippen LogP contribution in [0, 0.1) is 11.8 Å². The van der Waals surface area contributed by atoms with Gasteiger partial charge in [-0.1, -0.05) is 30.3 Å². The third kappa shape index (κ3) is 6.04. The van der Waals surface area contributed by atoms with Gasteiger partial charge < -0.3 is 20.0 Å². The molecule has 5 rings (SSSR count). The normalized spacial score (nSPS) is 22.5. The van der Waals surface area contributed by atoms with Crippen LogP contribution >= 0.6 is 12.4 Å². The standard InChI is InChI=1S/C27H31F3N4O2.ClH/c1-32-13-14-34(24(17-32)18-5-3-2-4-6-18)26(36)22-10-9-21(31-25(35)19-7-8-19)15-23(22)33-12-11-20(16-33)27(28,29)30;/h2-6,9-10,15,19-20,24H,7-8,11-14,16-17H2,1H3,(H,31,35);1H/t20-,24+;/m0./s1. The topological polar surface area (TPSA) is 55.9 Å². The van der Waals surface area contributed by atoms with Crippen molar-refractivity contribution < 1.29 is 22.8 Å². The molecule has 2 aliphatic heterocycles. The highest BCUT2D eigenvalue weighted by atomic mass is 35.5. The predicted molar refractivity (Wildman–Crippen MR) is 139 cm³/mol. The van der Waals surface area contributed by atoms with E-state index >= 15 is 0 Å². The number of benzene rings is 2. The molecule has 1 N–H and O–H groups in total. The third-order valence-corrected chi connectivity index (χ3v) is 7.46. The van der Waals surface area contributed by atoms with Gasteiger partial charge in [0.1, 0.15) is 0 Å². The Morgan fingerprint density at radius 1 is 0.946 bits per heavy atom. The molecule has 2 aromatic rings.